The lowest BCUT2D eigenvalue weighted by molar-refractivity contribution is -0.883. The summed E-state index contributed by atoms with van der Waals surface area (Å²) in [5.74, 6) is 0.440. The second kappa shape index (κ2) is 18.2. The highest BCUT2D eigenvalue weighted by atomic mass is 79.9. The Morgan fingerprint density at radius 3 is 1.81 bits per heavy atom. The topological polar surface area (TPSA) is 114 Å². The number of quaternary nitrogens is 1. The molecule has 0 spiro atoms. The maximum Gasteiger partial charge on any atom is 0.308 e. The van der Waals surface area contributed by atoms with E-state index in [9.17, 15) is 19.2 Å². The third-order valence-corrected chi connectivity index (χ3v) is 5.47. The first-order valence-electron chi connectivity index (χ1n) is 12.7. The quantitative estimate of drug-likeness (QED) is 0.108. The van der Waals surface area contributed by atoms with Crippen LogP contribution >= 0.6 is 0 Å². The Hall–Kier alpha value is -2.16. The predicted molar refractivity (Wildman–Crippen MR) is 130 cm³/mol. The Bertz CT molecular complexity index is 780. The fourth-order valence-electron chi connectivity index (χ4n) is 3.64. The summed E-state index contributed by atoms with van der Waals surface area (Å²) >= 11 is 0. The van der Waals surface area contributed by atoms with E-state index in [0.717, 1.165) is 0 Å². The van der Waals surface area contributed by atoms with Crippen LogP contribution in [0.2, 0.25) is 0 Å². The van der Waals surface area contributed by atoms with Crippen LogP contribution in [0.1, 0.15) is 72.1 Å². The van der Waals surface area contributed by atoms with Crippen molar-refractivity contribution in [3.63, 3.8) is 0 Å². The summed E-state index contributed by atoms with van der Waals surface area (Å²) in [5.41, 5.74) is 0. The van der Waals surface area contributed by atoms with E-state index in [2.05, 4.69) is 5.92 Å². The number of esters is 4. The molecule has 0 aliphatic carbocycles. The Morgan fingerprint density at radius 1 is 0.811 bits per heavy atom. The highest BCUT2D eigenvalue weighted by Crippen LogP contribution is 2.27. The first kappa shape index (κ1) is 34.8. The molecule has 37 heavy (non-hydrogen) atoms. The highest BCUT2D eigenvalue weighted by molar-refractivity contribution is 5.72. The number of rotatable bonds is 15. The minimum Gasteiger partial charge on any atom is -1.00 e. The molecule has 4 atom stereocenters. The van der Waals surface area contributed by atoms with Gasteiger partial charge in [-0.05, 0) is 25.2 Å². The van der Waals surface area contributed by atoms with Crippen molar-refractivity contribution in [2.24, 2.45) is 0 Å². The van der Waals surface area contributed by atoms with E-state index in [1.54, 1.807) is 0 Å². The standard InChI is InChI=1S/C26H42NO9.BrH/c1-7-12-20(28)33-19-18-32-26(36-23(31)15-11-17-27(5,6)16-10-4)25(35-22(30)14-9-3)24(19)34-21(29)13-8-2;/h4,19,24-26H,7-9,11-18H2,1-3,5-6H3;1H/q+1;/p-1/t19-,24-,25-,26?;/m1./s1. The van der Waals surface area contributed by atoms with Crippen molar-refractivity contribution in [3.05, 3.63) is 0 Å². The number of terminal acetylenes is 1. The fourth-order valence-corrected chi connectivity index (χ4v) is 3.64. The Kier molecular flexibility index (Phi) is 17.1. The van der Waals surface area contributed by atoms with Gasteiger partial charge in [0, 0.05) is 25.7 Å². The summed E-state index contributed by atoms with van der Waals surface area (Å²) in [5, 5.41) is 0. The Labute approximate surface area is 231 Å². The van der Waals surface area contributed by atoms with Crippen molar-refractivity contribution < 1.29 is 64.3 Å². The molecule has 0 aromatic carbocycles. The van der Waals surface area contributed by atoms with Gasteiger partial charge in [-0.25, -0.2) is 0 Å². The van der Waals surface area contributed by atoms with Gasteiger partial charge in [0.2, 0.25) is 12.4 Å². The summed E-state index contributed by atoms with van der Waals surface area (Å²) in [6.07, 6.45) is 3.25. The van der Waals surface area contributed by atoms with Gasteiger partial charge in [-0.2, -0.15) is 0 Å². The van der Waals surface area contributed by atoms with E-state index in [-0.39, 0.29) is 49.3 Å². The second-order valence-electron chi connectivity index (χ2n) is 9.50. The Balaban J connectivity index is 0.0000130. The summed E-state index contributed by atoms with van der Waals surface area (Å²) in [7, 11) is 3.93. The lowest BCUT2D eigenvalue weighted by Crippen LogP contribution is -3.00. The molecule has 1 rings (SSSR count). The van der Waals surface area contributed by atoms with E-state index in [1.165, 1.54) is 0 Å². The monoisotopic (exact) mass is 591 g/mol. The van der Waals surface area contributed by atoms with Gasteiger partial charge >= 0.3 is 23.9 Å². The first-order chi connectivity index (χ1) is 17.1. The predicted octanol–water partition coefficient (Wildman–Crippen LogP) is -0.485. The summed E-state index contributed by atoms with van der Waals surface area (Å²) in [4.78, 5) is 49.6. The molecule has 0 aromatic rings. The Morgan fingerprint density at radius 2 is 1.30 bits per heavy atom. The minimum absolute atomic E-state index is 0. The molecule has 0 aromatic heterocycles. The molecular weight excluding hydrogens is 550 g/mol. The molecule has 1 aliphatic heterocycles. The zero-order valence-electron chi connectivity index (χ0n) is 22.7. The number of carbonyl (C=O) groups excluding carboxylic acids is 4. The van der Waals surface area contributed by atoms with Gasteiger partial charge in [0.05, 0.1) is 33.7 Å². The molecule has 10 nitrogen and oxygen atoms in total. The molecule has 0 radical (unpaired) electrons. The maximum absolute atomic E-state index is 12.6. The average Bonchev–Trinajstić information content (AvgIpc) is 2.77. The van der Waals surface area contributed by atoms with E-state index in [4.69, 9.17) is 30.1 Å². The molecule has 0 amide bonds. The summed E-state index contributed by atoms with van der Waals surface area (Å²) in [6.45, 7) is 6.45. The molecule has 1 fully saturated rings. The third kappa shape index (κ3) is 13.3. The second-order valence-corrected chi connectivity index (χ2v) is 9.50. The number of carbonyl (C=O) groups is 4. The molecule has 0 bridgehead atoms. The van der Waals surface area contributed by atoms with Gasteiger partial charge in [0.25, 0.3) is 0 Å². The van der Waals surface area contributed by atoms with Gasteiger partial charge in [-0.15, -0.1) is 6.42 Å². The number of nitrogens with zero attached hydrogens (tertiary/aromatic N) is 1. The summed E-state index contributed by atoms with van der Waals surface area (Å²) < 4.78 is 28.4. The molecule has 1 unspecified atom stereocenters. The van der Waals surface area contributed by atoms with Gasteiger partial charge < -0.3 is 45.1 Å². The lowest BCUT2D eigenvalue weighted by atomic mass is 10.0. The molecule has 1 heterocycles. The molecule has 1 saturated heterocycles. The molecule has 11 heteroatoms. The SMILES string of the molecule is C#CC[N+](C)(C)CCCC(=O)OC1OC[C@@H](OC(=O)CCC)[C@@H](OC(=O)CCC)[C@H]1OC(=O)CCC.[Br-]. The van der Waals surface area contributed by atoms with Crippen molar-refractivity contribution in [2.75, 3.05) is 33.8 Å². The number of hydrogen-bond acceptors (Lipinski definition) is 9. The van der Waals surface area contributed by atoms with Crippen molar-refractivity contribution in [3.8, 4) is 12.3 Å². The number of halogens is 1. The van der Waals surface area contributed by atoms with Crippen LogP contribution in [-0.4, -0.2) is 86.8 Å². The normalized spacial score (nSPS) is 21.1. The van der Waals surface area contributed by atoms with Crippen LogP contribution in [0.5, 0.6) is 0 Å². The molecular formula is C26H42BrNO9. The molecule has 0 N–H and O–H groups in total. The van der Waals surface area contributed by atoms with Crippen molar-refractivity contribution in [1.29, 1.82) is 0 Å². The fraction of sp³-hybridized carbons (Fsp3) is 0.769. The first-order valence-corrected chi connectivity index (χ1v) is 12.7. The van der Waals surface area contributed by atoms with Crippen LogP contribution in [0.25, 0.3) is 0 Å². The van der Waals surface area contributed by atoms with Crippen LogP contribution in [0, 0.1) is 12.3 Å². The van der Waals surface area contributed by atoms with Crippen LogP contribution < -0.4 is 17.0 Å². The zero-order chi connectivity index (χ0) is 27.1. The van der Waals surface area contributed by atoms with Crippen LogP contribution in [0.3, 0.4) is 0 Å². The molecule has 212 valence electrons. The van der Waals surface area contributed by atoms with E-state index in [1.807, 2.05) is 34.9 Å². The minimum atomic E-state index is -1.31. The zero-order valence-corrected chi connectivity index (χ0v) is 24.3. The lowest BCUT2D eigenvalue weighted by Gasteiger charge is -2.40. The van der Waals surface area contributed by atoms with Gasteiger partial charge in [-0.1, -0.05) is 20.8 Å². The number of hydrogen-bond donors (Lipinski definition) is 0. The van der Waals surface area contributed by atoms with Crippen molar-refractivity contribution in [1.82, 2.24) is 0 Å². The largest absolute Gasteiger partial charge is 1.00 e. The van der Waals surface area contributed by atoms with Gasteiger partial charge in [0.15, 0.2) is 12.2 Å². The van der Waals surface area contributed by atoms with E-state index in [0.29, 0.717) is 43.3 Å². The summed E-state index contributed by atoms with van der Waals surface area (Å²) in [6, 6.07) is 0. The van der Waals surface area contributed by atoms with Crippen molar-refractivity contribution >= 4 is 23.9 Å². The van der Waals surface area contributed by atoms with E-state index < -0.39 is 48.5 Å². The average molecular weight is 593 g/mol. The highest BCUT2D eigenvalue weighted by Gasteiger charge is 2.49. The van der Waals surface area contributed by atoms with E-state index >= 15 is 0 Å². The smallest absolute Gasteiger partial charge is 0.308 e. The van der Waals surface area contributed by atoms with Gasteiger partial charge in [-0.3, -0.25) is 19.2 Å². The van der Waals surface area contributed by atoms with Crippen molar-refractivity contribution in [2.45, 2.75) is 96.7 Å². The van der Waals surface area contributed by atoms with Gasteiger partial charge in [0.1, 0.15) is 6.54 Å². The van der Waals surface area contributed by atoms with Crippen LogP contribution in [0.15, 0.2) is 0 Å². The van der Waals surface area contributed by atoms with Crippen LogP contribution in [0.4, 0.5) is 0 Å². The number of ether oxygens (including phenoxy) is 5. The maximum atomic E-state index is 12.6. The third-order valence-electron chi connectivity index (χ3n) is 5.47. The molecule has 0 saturated carbocycles. The molecule has 1 aliphatic rings. The van der Waals surface area contributed by atoms with Crippen LogP contribution in [-0.2, 0) is 42.9 Å².